The van der Waals surface area contributed by atoms with Gasteiger partial charge in [-0.05, 0) is 43.5 Å². The smallest absolute Gasteiger partial charge is 0.274 e. The summed E-state index contributed by atoms with van der Waals surface area (Å²) in [5.41, 5.74) is 0.355. The minimum absolute atomic E-state index is 0.0619. The molecule has 1 aliphatic carbocycles. The van der Waals surface area contributed by atoms with Gasteiger partial charge >= 0.3 is 0 Å². The second-order valence-electron chi connectivity index (χ2n) is 6.71. The zero-order chi connectivity index (χ0) is 17.9. The molecule has 26 heavy (non-hydrogen) atoms. The number of halogens is 1. The summed E-state index contributed by atoms with van der Waals surface area (Å²) in [6, 6.07) is 7.74. The molecule has 1 saturated carbocycles. The minimum atomic E-state index is -0.0619. The fraction of sp³-hybridized carbons (Fsp3) is 0.421. The Morgan fingerprint density at radius 3 is 2.54 bits per heavy atom. The van der Waals surface area contributed by atoms with E-state index in [1.54, 1.807) is 24.3 Å². The van der Waals surface area contributed by atoms with Gasteiger partial charge in [-0.2, -0.15) is 0 Å². The molecule has 7 heteroatoms. The van der Waals surface area contributed by atoms with E-state index >= 15 is 0 Å². The van der Waals surface area contributed by atoms with Gasteiger partial charge in [0, 0.05) is 37.2 Å². The fourth-order valence-corrected chi connectivity index (χ4v) is 3.34. The minimum Gasteiger partial charge on any atom is -0.438 e. The standard InChI is InChI=1S/C19H21ClN4O2/c20-14-2-6-16(7-3-14)26-18-13-21-17(12-22-18)19(25)24-9-1-8-23(10-11-24)15-4-5-15/h2-3,6-7,12-13,15H,1,4-5,8-11H2. The molecule has 0 spiro atoms. The van der Waals surface area contributed by atoms with Crippen LogP contribution >= 0.6 is 11.6 Å². The van der Waals surface area contributed by atoms with Crippen molar-refractivity contribution in [3.63, 3.8) is 0 Å². The van der Waals surface area contributed by atoms with Crippen LogP contribution in [0.4, 0.5) is 0 Å². The molecule has 0 N–H and O–H groups in total. The number of hydrogen-bond acceptors (Lipinski definition) is 5. The Hall–Kier alpha value is -2.18. The van der Waals surface area contributed by atoms with E-state index in [9.17, 15) is 4.79 Å². The van der Waals surface area contributed by atoms with Gasteiger partial charge in [-0.1, -0.05) is 11.6 Å². The van der Waals surface area contributed by atoms with Gasteiger partial charge in [-0.3, -0.25) is 9.69 Å². The van der Waals surface area contributed by atoms with E-state index in [1.807, 2.05) is 4.90 Å². The molecule has 1 aromatic carbocycles. The summed E-state index contributed by atoms with van der Waals surface area (Å²) >= 11 is 5.86. The van der Waals surface area contributed by atoms with E-state index in [-0.39, 0.29) is 5.91 Å². The van der Waals surface area contributed by atoms with Gasteiger partial charge < -0.3 is 9.64 Å². The molecule has 2 heterocycles. The summed E-state index contributed by atoms with van der Waals surface area (Å²) in [4.78, 5) is 25.5. The van der Waals surface area contributed by atoms with Gasteiger partial charge in [-0.15, -0.1) is 0 Å². The largest absolute Gasteiger partial charge is 0.438 e. The molecule has 4 rings (SSSR count). The van der Waals surface area contributed by atoms with Crippen LogP contribution in [-0.2, 0) is 0 Å². The number of nitrogens with zero attached hydrogens (tertiary/aromatic N) is 4. The normalized spacial score (nSPS) is 18.4. The van der Waals surface area contributed by atoms with Crippen molar-refractivity contribution in [1.82, 2.24) is 19.8 Å². The Bertz CT molecular complexity index is 762. The Kier molecular flexibility index (Phi) is 5.04. The van der Waals surface area contributed by atoms with Crippen molar-refractivity contribution in [3.8, 4) is 11.6 Å². The van der Waals surface area contributed by atoms with Crippen molar-refractivity contribution in [2.24, 2.45) is 0 Å². The van der Waals surface area contributed by atoms with Crippen molar-refractivity contribution in [3.05, 3.63) is 47.4 Å². The summed E-state index contributed by atoms with van der Waals surface area (Å²) < 4.78 is 5.62. The Balaban J connectivity index is 1.37. The monoisotopic (exact) mass is 372 g/mol. The highest BCUT2D eigenvalue weighted by Gasteiger charge is 2.31. The summed E-state index contributed by atoms with van der Waals surface area (Å²) in [5, 5.41) is 0.641. The summed E-state index contributed by atoms with van der Waals surface area (Å²) in [6.07, 6.45) is 6.57. The molecular formula is C19H21ClN4O2. The lowest BCUT2D eigenvalue weighted by Crippen LogP contribution is -2.36. The summed E-state index contributed by atoms with van der Waals surface area (Å²) in [6.45, 7) is 3.54. The summed E-state index contributed by atoms with van der Waals surface area (Å²) in [7, 11) is 0. The van der Waals surface area contributed by atoms with E-state index < -0.39 is 0 Å². The van der Waals surface area contributed by atoms with Crippen molar-refractivity contribution in [2.75, 3.05) is 26.2 Å². The zero-order valence-electron chi connectivity index (χ0n) is 14.5. The lowest BCUT2D eigenvalue weighted by Gasteiger charge is -2.21. The molecule has 6 nitrogen and oxygen atoms in total. The third-order valence-electron chi connectivity index (χ3n) is 4.76. The van der Waals surface area contributed by atoms with Crippen LogP contribution in [-0.4, -0.2) is 57.9 Å². The third-order valence-corrected chi connectivity index (χ3v) is 5.02. The Morgan fingerprint density at radius 1 is 1.04 bits per heavy atom. The summed E-state index contributed by atoms with van der Waals surface area (Å²) in [5.74, 6) is 0.906. The van der Waals surface area contributed by atoms with Gasteiger partial charge in [0.25, 0.3) is 5.91 Å². The molecule has 0 unspecified atom stereocenters. The van der Waals surface area contributed by atoms with Crippen LogP contribution in [0.15, 0.2) is 36.7 Å². The van der Waals surface area contributed by atoms with E-state index in [2.05, 4.69) is 14.9 Å². The van der Waals surface area contributed by atoms with Gasteiger partial charge in [0.15, 0.2) is 0 Å². The zero-order valence-corrected chi connectivity index (χ0v) is 15.2. The number of carbonyl (C=O) groups excluding carboxylic acids is 1. The van der Waals surface area contributed by atoms with Crippen molar-refractivity contribution in [2.45, 2.75) is 25.3 Å². The maximum atomic E-state index is 12.7. The van der Waals surface area contributed by atoms with Gasteiger partial charge in [0.2, 0.25) is 5.88 Å². The van der Waals surface area contributed by atoms with Gasteiger partial charge in [-0.25, -0.2) is 9.97 Å². The molecule has 2 aromatic rings. The first-order valence-corrected chi connectivity index (χ1v) is 9.35. The van der Waals surface area contributed by atoms with E-state index in [1.165, 1.54) is 25.2 Å². The molecule has 0 radical (unpaired) electrons. The van der Waals surface area contributed by atoms with E-state index in [4.69, 9.17) is 16.3 Å². The van der Waals surface area contributed by atoms with Gasteiger partial charge in [0.05, 0.1) is 12.4 Å². The predicted molar refractivity (Wildman–Crippen MR) is 98.7 cm³/mol. The maximum absolute atomic E-state index is 12.7. The molecule has 2 fully saturated rings. The molecule has 0 bridgehead atoms. The SMILES string of the molecule is O=C(c1cnc(Oc2ccc(Cl)cc2)cn1)N1CCCN(C2CC2)CC1. The van der Waals surface area contributed by atoms with Crippen LogP contribution < -0.4 is 4.74 Å². The quantitative estimate of drug-likeness (QED) is 0.824. The third kappa shape index (κ3) is 4.14. The average molecular weight is 373 g/mol. The second kappa shape index (κ2) is 7.60. The molecule has 0 atom stereocenters. The second-order valence-corrected chi connectivity index (χ2v) is 7.15. The first-order valence-electron chi connectivity index (χ1n) is 8.98. The van der Waals surface area contributed by atoms with Gasteiger partial charge in [0.1, 0.15) is 11.4 Å². The highest BCUT2D eigenvalue weighted by Crippen LogP contribution is 2.27. The molecule has 2 aliphatic rings. The highest BCUT2D eigenvalue weighted by atomic mass is 35.5. The molecule has 1 amide bonds. The number of benzene rings is 1. The average Bonchev–Trinajstić information content (AvgIpc) is 3.50. The van der Waals surface area contributed by atoms with Crippen LogP contribution in [0.3, 0.4) is 0 Å². The van der Waals surface area contributed by atoms with Crippen molar-refractivity contribution >= 4 is 17.5 Å². The molecule has 1 aromatic heterocycles. The Morgan fingerprint density at radius 2 is 1.85 bits per heavy atom. The van der Waals surface area contributed by atoms with Crippen LogP contribution in [0.5, 0.6) is 11.6 Å². The fourth-order valence-electron chi connectivity index (χ4n) is 3.21. The number of hydrogen-bond donors (Lipinski definition) is 0. The molecule has 1 saturated heterocycles. The number of ether oxygens (including phenoxy) is 1. The van der Waals surface area contributed by atoms with Crippen LogP contribution in [0.2, 0.25) is 5.02 Å². The highest BCUT2D eigenvalue weighted by molar-refractivity contribution is 6.30. The number of carbonyl (C=O) groups is 1. The topological polar surface area (TPSA) is 58.6 Å². The molecular weight excluding hydrogens is 352 g/mol. The Labute approximate surface area is 157 Å². The maximum Gasteiger partial charge on any atom is 0.274 e. The number of rotatable bonds is 4. The van der Waals surface area contributed by atoms with Crippen LogP contribution in [0, 0.1) is 0 Å². The number of amides is 1. The van der Waals surface area contributed by atoms with Crippen molar-refractivity contribution in [1.29, 1.82) is 0 Å². The molecule has 1 aliphatic heterocycles. The lowest BCUT2D eigenvalue weighted by molar-refractivity contribution is 0.0754. The van der Waals surface area contributed by atoms with Crippen molar-refractivity contribution < 1.29 is 9.53 Å². The first-order chi connectivity index (χ1) is 12.7. The van der Waals surface area contributed by atoms with E-state index in [0.29, 0.717) is 22.3 Å². The predicted octanol–water partition coefficient (Wildman–Crippen LogP) is 3.23. The van der Waals surface area contributed by atoms with Crippen LogP contribution in [0.1, 0.15) is 29.8 Å². The lowest BCUT2D eigenvalue weighted by atomic mass is 10.3. The van der Waals surface area contributed by atoms with Crippen LogP contribution in [0.25, 0.3) is 0 Å². The number of aromatic nitrogens is 2. The molecule has 136 valence electrons. The first kappa shape index (κ1) is 17.2. The van der Waals surface area contributed by atoms with E-state index in [0.717, 1.165) is 38.6 Å².